The molecule has 1 fully saturated rings. The summed E-state index contributed by atoms with van der Waals surface area (Å²) in [6.07, 6.45) is 3.89. The number of benzene rings is 1. The Labute approximate surface area is 110 Å². The van der Waals surface area contributed by atoms with Gasteiger partial charge in [0.15, 0.2) is 0 Å². The third-order valence-corrected chi connectivity index (χ3v) is 4.90. The van der Waals surface area contributed by atoms with Crippen LogP contribution >= 0.6 is 0 Å². The van der Waals surface area contributed by atoms with E-state index in [-0.39, 0.29) is 6.04 Å². The van der Waals surface area contributed by atoms with Crippen LogP contribution in [0.4, 0.5) is 0 Å². The predicted molar refractivity (Wildman–Crippen MR) is 73.0 cm³/mol. The van der Waals surface area contributed by atoms with Crippen LogP contribution in [0.1, 0.15) is 55.8 Å². The van der Waals surface area contributed by atoms with Gasteiger partial charge in [-0.25, -0.2) is 0 Å². The minimum atomic E-state index is 0.174. The van der Waals surface area contributed by atoms with Gasteiger partial charge >= 0.3 is 0 Å². The molecule has 2 N–H and O–H groups in total. The van der Waals surface area contributed by atoms with E-state index in [1.807, 2.05) is 0 Å². The van der Waals surface area contributed by atoms with Crippen molar-refractivity contribution in [1.82, 2.24) is 0 Å². The van der Waals surface area contributed by atoms with Crippen molar-refractivity contribution in [2.45, 2.75) is 52.4 Å². The first-order chi connectivity index (χ1) is 8.58. The Hall–Kier alpha value is -0.860. The van der Waals surface area contributed by atoms with Gasteiger partial charge in [-0.1, -0.05) is 38.5 Å². The lowest BCUT2D eigenvalue weighted by atomic mass is 9.75. The summed E-state index contributed by atoms with van der Waals surface area (Å²) < 4.78 is 5.48. The molecule has 1 aliphatic heterocycles. The summed E-state index contributed by atoms with van der Waals surface area (Å²) in [5.41, 5.74) is 10.9. The van der Waals surface area contributed by atoms with Crippen LogP contribution in [0.5, 0.6) is 0 Å². The average molecular weight is 245 g/mol. The first-order valence-electron chi connectivity index (χ1n) is 7.03. The number of fused-ring (bicyclic) bond motifs is 1. The molecule has 0 spiro atoms. The minimum Gasteiger partial charge on any atom is -0.372 e. The molecule has 0 aromatic heterocycles. The number of nitrogens with two attached hydrogens (primary N) is 1. The van der Waals surface area contributed by atoms with Gasteiger partial charge in [-0.2, -0.15) is 0 Å². The Bertz CT molecular complexity index is 452. The first kappa shape index (κ1) is 12.2. The Balaban J connectivity index is 1.86. The number of hydrogen-bond donors (Lipinski definition) is 1. The zero-order valence-electron chi connectivity index (χ0n) is 11.4. The summed E-state index contributed by atoms with van der Waals surface area (Å²) in [5.74, 6) is 0.609. The van der Waals surface area contributed by atoms with Crippen molar-refractivity contribution in [2.24, 2.45) is 17.1 Å². The molecule has 0 bridgehead atoms. The summed E-state index contributed by atoms with van der Waals surface area (Å²) in [6.45, 7) is 6.24. The molecule has 2 atom stereocenters. The molecule has 1 aliphatic carbocycles. The van der Waals surface area contributed by atoms with Gasteiger partial charge in [0.05, 0.1) is 13.2 Å². The molecule has 2 heteroatoms. The van der Waals surface area contributed by atoms with Crippen LogP contribution in [0.2, 0.25) is 0 Å². The van der Waals surface area contributed by atoms with Crippen molar-refractivity contribution >= 4 is 0 Å². The van der Waals surface area contributed by atoms with E-state index in [4.69, 9.17) is 10.5 Å². The predicted octanol–water partition coefficient (Wildman–Crippen LogP) is 3.54. The van der Waals surface area contributed by atoms with E-state index in [1.54, 1.807) is 0 Å². The Morgan fingerprint density at radius 1 is 1.28 bits per heavy atom. The van der Waals surface area contributed by atoms with E-state index in [1.165, 1.54) is 36.0 Å². The van der Waals surface area contributed by atoms with Crippen molar-refractivity contribution < 1.29 is 4.74 Å². The van der Waals surface area contributed by atoms with Crippen LogP contribution < -0.4 is 5.73 Å². The van der Waals surface area contributed by atoms with Crippen molar-refractivity contribution in [2.75, 3.05) is 0 Å². The molecule has 1 heterocycles. The molecular formula is C16H23NO. The summed E-state index contributed by atoms with van der Waals surface area (Å²) in [5, 5.41) is 0. The molecule has 1 aromatic carbocycles. The molecule has 18 heavy (non-hydrogen) atoms. The quantitative estimate of drug-likeness (QED) is 0.865. The highest BCUT2D eigenvalue weighted by Crippen LogP contribution is 2.48. The first-order valence-corrected chi connectivity index (χ1v) is 7.03. The monoisotopic (exact) mass is 245 g/mol. The normalized spacial score (nSPS) is 27.2. The van der Waals surface area contributed by atoms with Crippen molar-refractivity contribution in [3.05, 3.63) is 34.9 Å². The van der Waals surface area contributed by atoms with E-state index < -0.39 is 0 Å². The van der Waals surface area contributed by atoms with E-state index in [0.717, 1.165) is 13.2 Å². The molecule has 2 aliphatic rings. The topological polar surface area (TPSA) is 35.2 Å². The van der Waals surface area contributed by atoms with Gasteiger partial charge in [-0.3, -0.25) is 0 Å². The fourth-order valence-electron chi connectivity index (χ4n) is 3.65. The summed E-state index contributed by atoms with van der Waals surface area (Å²) in [7, 11) is 0. The molecule has 98 valence electrons. The minimum absolute atomic E-state index is 0.174. The number of ether oxygens (including phenoxy) is 1. The van der Waals surface area contributed by atoms with E-state index in [2.05, 4.69) is 32.0 Å². The van der Waals surface area contributed by atoms with Crippen LogP contribution in [0, 0.1) is 11.3 Å². The second-order valence-corrected chi connectivity index (χ2v) is 6.53. The maximum atomic E-state index is 6.53. The lowest BCUT2D eigenvalue weighted by Crippen LogP contribution is -2.29. The van der Waals surface area contributed by atoms with Crippen LogP contribution in [-0.2, 0) is 18.0 Å². The Morgan fingerprint density at radius 2 is 2.06 bits per heavy atom. The third-order valence-electron chi connectivity index (χ3n) is 4.90. The smallest absolute Gasteiger partial charge is 0.0725 e. The SMILES string of the molecule is CC1(C)CCCC1C(N)c1ccc2c(c1)COC2. The highest BCUT2D eigenvalue weighted by Gasteiger charge is 2.38. The highest BCUT2D eigenvalue weighted by molar-refractivity contribution is 5.35. The van der Waals surface area contributed by atoms with Crippen LogP contribution in [0.25, 0.3) is 0 Å². The zero-order valence-corrected chi connectivity index (χ0v) is 11.4. The zero-order chi connectivity index (χ0) is 12.8. The lowest BCUT2D eigenvalue weighted by Gasteiger charge is -2.32. The van der Waals surface area contributed by atoms with Crippen LogP contribution in [-0.4, -0.2) is 0 Å². The molecule has 0 amide bonds. The van der Waals surface area contributed by atoms with Gasteiger partial charge in [-0.15, -0.1) is 0 Å². The number of hydrogen-bond acceptors (Lipinski definition) is 2. The van der Waals surface area contributed by atoms with Crippen molar-refractivity contribution in [1.29, 1.82) is 0 Å². The van der Waals surface area contributed by atoms with Gasteiger partial charge in [0.1, 0.15) is 0 Å². The fraction of sp³-hybridized carbons (Fsp3) is 0.625. The molecule has 0 radical (unpaired) electrons. The van der Waals surface area contributed by atoms with Crippen LogP contribution in [0.15, 0.2) is 18.2 Å². The van der Waals surface area contributed by atoms with Gasteiger partial charge in [-0.05, 0) is 40.9 Å². The largest absolute Gasteiger partial charge is 0.372 e. The lowest BCUT2D eigenvalue weighted by molar-refractivity contribution is 0.134. The highest BCUT2D eigenvalue weighted by atomic mass is 16.5. The molecule has 1 saturated carbocycles. The van der Waals surface area contributed by atoms with Gasteiger partial charge < -0.3 is 10.5 Å². The van der Waals surface area contributed by atoms with Crippen molar-refractivity contribution in [3.8, 4) is 0 Å². The standard InChI is InChI=1S/C16H23NO/c1-16(2)7-3-4-14(16)15(17)11-5-6-12-9-18-10-13(12)8-11/h5-6,8,14-15H,3-4,7,9-10,17H2,1-2H3. The number of rotatable bonds is 2. The summed E-state index contributed by atoms with van der Waals surface area (Å²) >= 11 is 0. The molecule has 2 nitrogen and oxygen atoms in total. The van der Waals surface area contributed by atoms with Crippen molar-refractivity contribution in [3.63, 3.8) is 0 Å². The Morgan fingerprint density at radius 3 is 2.78 bits per heavy atom. The van der Waals surface area contributed by atoms with Gasteiger partial charge in [0.2, 0.25) is 0 Å². The average Bonchev–Trinajstić information content (AvgIpc) is 2.92. The molecule has 0 saturated heterocycles. The van der Waals surface area contributed by atoms with E-state index in [0.29, 0.717) is 11.3 Å². The van der Waals surface area contributed by atoms with E-state index in [9.17, 15) is 0 Å². The maximum Gasteiger partial charge on any atom is 0.0725 e. The maximum absolute atomic E-state index is 6.53. The molecule has 2 unspecified atom stereocenters. The van der Waals surface area contributed by atoms with Gasteiger partial charge in [0, 0.05) is 6.04 Å². The molecule has 1 aromatic rings. The third kappa shape index (κ3) is 1.98. The van der Waals surface area contributed by atoms with E-state index >= 15 is 0 Å². The summed E-state index contributed by atoms with van der Waals surface area (Å²) in [6, 6.07) is 6.83. The van der Waals surface area contributed by atoms with Gasteiger partial charge in [0.25, 0.3) is 0 Å². The Kier molecular flexibility index (Phi) is 2.95. The fourth-order valence-corrected chi connectivity index (χ4v) is 3.65. The molecule has 3 rings (SSSR count). The molecular weight excluding hydrogens is 222 g/mol. The second kappa shape index (κ2) is 4.36. The van der Waals surface area contributed by atoms with Crippen LogP contribution in [0.3, 0.4) is 0 Å². The summed E-state index contributed by atoms with van der Waals surface area (Å²) in [4.78, 5) is 0. The second-order valence-electron chi connectivity index (χ2n) is 6.53.